The Morgan fingerprint density at radius 3 is 2.29 bits per heavy atom. The Kier molecular flexibility index (Phi) is 4.71. The molecule has 0 fully saturated rings. The minimum Gasteiger partial charge on any atom is -0.460 e. The van der Waals surface area contributed by atoms with Gasteiger partial charge in [0.1, 0.15) is 5.75 Å². The molecule has 2 aromatic carbocycles. The predicted octanol–water partition coefficient (Wildman–Crippen LogP) is 3.02. The van der Waals surface area contributed by atoms with Crippen LogP contribution >= 0.6 is 0 Å². The van der Waals surface area contributed by atoms with Gasteiger partial charge < -0.3 is 14.7 Å². The lowest BCUT2D eigenvalue weighted by molar-refractivity contribution is -0.137. The molecule has 1 aliphatic rings. The lowest BCUT2D eigenvalue weighted by Crippen LogP contribution is -2.16. The van der Waals surface area contributed by atoms with Crippen molar-refractivity contribution in [3.8, 4) is 0 Å². The molecular weight excluding hydrogens is 399 g/mol. The van der Waals surface area contributed by atoms with Crippen molar-refractivity contribution in [1.82, 2.24) is 0 Å². The third-order valence-corrected chi connectivity index (χ3v) is 4.83. The van der Waals surface area contributed by atoms with Crippen LogP contribution in [0.25, 0.3) is 0 Å². The second kappa shape index (κ2) is 7.19. The summed E-state index contributed by atoms with van der Waals surface area (Å²) in [7, 11) is -4.31. The summed E-state index contributed by atoms with van der Waals surface area (Å²) in [6.07, 6.45) is -7.17. The number of hydrogen-bond acceptors (Lipinski definition) is 6. The van der Waals surface area contributed by atoms with Crippen molar-refractivity contribution < 1.29 is 36.7 Å². The first-order valence-corrected chi connectivity index (χ1v) is 9.37. The molecule has 1 atom stereocenters. The van der Waals surface area contributed by atoms with Crippen LogP contribution in [-0.2, 0) is 35.8 Å². The van der Waals surface area contributed by atoms with Crippen LogP contribution in [-0.4, -0.2) is 14.2 Å². The van der Waals surface area contributed by atoms with E-state index < -0.39 is 51.1 Å². The molecule has 2 N–H and O–H groups in total. The van der Waals surface area contributed by atoms with Crippen LogP contribution in [0.4, 0.5) is 13.2 Å². The van der Waals surface area contributed by atoms with Crippen molar-refractivity contribution in [2.24, 2.45) is 5.73 Å². The van der Waals surface area contributed by atoms with Gasteiger partial charge in [-0.25, -0.2) is 0 Å². The Labute approximate surface area is 159 Å². The Morgan fingerprint density at radius 2 is 1.71 bits per heavy atom. The van der Waals surface area contributed by atoms with E-state index >= 15 is 0 Å². The zero-order valence-electron chi connectivity index (χ0n) is 15.1. The van der Waals surface area contributed by atoms with Gasteiger partial charge in [-0.3, -0.25) is 4.79 Å². The molecule has 148 valence electrons. The van der Waals surface area contributed by atoms with Gasteiger partial charge in [0.05, 0.1) is 6.93 Å². The average Bonchev–Trinajstić information content (AvgIpc) is 2.85. The molecule has 28 heavy (non-hydrogen) atoms. The number of nitrogens with two attached hydrogens (primary N) is 1. The number of carbonyl (C=O) groups is 1. The fraction of sp³-hybridized carbons (Fsp3) is 0.167. The molecule has 0 radical (unpaired) electrons. The molecule has 1 unspecified atom stereocenters. The van der Waals surface area contributed by atoms with Gasteiger partial charge in [-0.05, 0) is 17.7 Å². The summed E-state index contributed by atoms with van der Waals surface area (Å²) in [5.74, 6) is -3.45. The van der Waals surface area contributed by atoms with Crippen molar-refractivity contribution in [1.29, 1.82) is 0 Å². The summed E-state index contributed by atoms with van der Waals surface area (Å²) >= 11 is 0. The summed E-state index contributed by atoms with van der Waals surface area (Å²) in [5.41, 5.74) is 4.66. The third-order valence-electron chi connectivity index (χ3n) is 3.72. The smallest absolute Gasteiger partial charge is 0.416 e. The van der Waals surface area contributed by atoms with E-state index in [1.54, 1.807) is 18.2 Å². The number of rotatable bonds is 5. The highest BCUT2D eigenvalue weighted by molar-refractivity contribution is 7.86. The standard InChI is InChI=1S/C18H14F3NO5S/c19-18(20,21)13-8-6-12(7-9-13)15-14(23)16(17(22)26-15)27-28(24,25)10-11-4-2-1-3-5-11/h1-9,15H,10,22H2/i15D. The van der Waals surface area contributed by atoms with Crippen molar-refractivity contribution in [3.63, 3.8) is 0 Å². The van der Waals surface area contributed by atoms with E-state index in [1.165, 1.54) is 12.1 Å². The molecule has 3 rings (SSSR count). The first-order chi connectivity index (χ1) is 13.4. The molecule has 0 spiro atoms. The van der Waals surface area contributed by atoms with Crippen LogP contribution in [0.3, 0.4) is 0 Å². The molecular formula is C18H14F3NO5S. The minimum absolute atomic E-state index is 0.266. The van der Waals surface area contributed by atoms with Gasteiger partial charge in [-0.1, -0.05) is 42.5 Å². The van der Waals surface area contributed by atoms with Gasteiger partial charge in [0.25, 0.3) is 0 Å². The van der Waals surface area contributed by atoms with E-state index in [2.05, 4.69) is 0 Å². The Balaban J connectivity index is 1.83. The maximum absolute atomic E-state index is 12.7. The van der Waals surface area contributed by atoms with Gasteiger partial charge in [0.2, 0.25) is 17.4 Å². The van der Waals surface area contributed by atoms with Crippen LogP contribution in [0.15, 0.2) is 66.2 Å². The van der Waals surface area contributed by atoms with Gasteiger partial charge >= 0.3 is 16.3 Å². The number of benzene rings is 2. The van der Waals surface area contributed by atoms with Crippen molar-refractivity contribution in [3.05, 3.63) is 82.9 Å². The zero-order valence-corrected chi connectivity index (χ0v) is 14.9. The second-order valence-corrected chi connectivity index (χ2v) is 7.37. The van der Waals surface area contributed by atoms with Gasteiger partial charge in [-0.2, -0.15) is 21.6 Å². The third kappa shape index (κ3) is 4.28. The number of halogens is 3. The van der Waals surface area contributed by atoms with Crippen LogP contribution in [0.2, 0.25) is 0 Å². The molecule has 0 bridgehead atoms. The first kappa shape index (κ1) is 18.4. The molecule has 0 saturated carbocycles. The lowest BCUT2D eigenvalue weighted by atomic mass is 10.0. The Hall–Kier alpha value is -3.01. The molecule has 0 amide bonds. The van der Waals surface area contributed by atoms with Crippen LogP contribution in [0.5, 0.6) is 0 Å². The normalized spacial score (nSPS) is 20.7. The summed E-state index contributed by atoms with van der Waals surface area (Å²) in [5, 5.41) is 0. The van der Waals surface area contributed by atoms with Gasteiger partial charge in [-0.15, -0.1) is 0 Å². The molecule has 6 nitrogen and oxygen atoms in total. The summed E-state index contributed by atoms with van der Waals surface area (Å²) in [6, 6.07) is 11.1. The van der Waals surface area contributed by atoms with Crippen LogP contribution < -0.4 is 5.73 Å². The number of carbonyl (C=O) groups excluding carboxylic acids is 1. The number of Topliss-reactive ketones (excluding diaryl/α,β-unsaturated/α-hetero) is 1. The Bertz CT molecular complexity index is 1070. The second-order valence-electron chi connectivity index (χ2n) is 5.80. The first-order valence-electron chi connectivity index (χ1n) is 8.30. The average molecular weight is 414 g/mol. The van der Waals surface area contributed by atoms with E-state index in [9.17, 15) is 26.4 Å². The Morgan fingerprint density at radius 1 is 1.11 bits per heavy atom. The highest BCUT2D eigenvalue weighted by atomic mass is 32.2. The van der Waals surface area contributed by atoms with Crippen molar-refractivity contribution in [2.75, 3.05) is 0 Å². The van der Waals surface area contributed by atoms with Crippen molar-refractivity contribution in [2.45, 2.75) is 18.0 Å². The lowest BCUT2D eigenvalue weighted by Gasteiger charge is -2.12. The topological polar surface area (TPSA) is 95.7 Å². The summed E-state index contributed by atoms with van der Waals surface area (Å²) < 4.78 is 80.5. The summed E-state index contributed by atoms with van der Waals surface area (Å²) in [4.78, 5) is 12.6. The van der Waals surface area contributed by atoms with E-state index in [0.717, 1.165) is 12.1 Å². The van der Waals surface area contributed by atoms with Crippen LogP contribution in [0, 0.1) is 0 Å². The highest BCUT2D eigenvalue weighted by Crippen LogP contribution is 2.35. The fourth-order valence-electron chi connectivity index (χ4n) is 2.43. The van der Waals surface area contributed by atoms with E-state index in [0.29, 0.717) is 17.7 Å². The SMILES string of the molecule is [2H]C1(c2ccc(C(F)(F)F)cc2)OC(N)=C(OS(=O)(=O)Cc2ccccc2)C1=O. The monoisotopic (exact) mass is 414 g/mol. The minimum atomic E-state index is -4.61. The number of ketones is 1. The fourth-order valence-corrected chi connectivity index (χ4v) is 3.50. The van der Waals surface area contributed by atoms with Gasteiger partial charge in [0, 0.05) is 5.56 Å². The maximum Gasteiger partial charge on any atom is 0.416 e. The van der Waals surface area contributed by atoms with Crippen molar-refractivity contribution >= 4 is 15.9 Å². The van der Waals surface area contributed by atoms with Crippen LogP contribution in [0.1, 0.15) is 24.1 Å². The summed E-state index contributed by atoms with van der Waals surface area (Å²) in [6.45, 7) is 0. The highest BCUT2D eigenvalue weighted by Gasteiger charge is 2.40. The number of ether oxygens (including phenoxy) is 1. The molecule has 1 aliphatic heterocycles. The number of alkyl halides is 3. The predicted molar refractivity (Wildman–Crippen MR) is 91.6 cm³/mol. The largest absolute Gasteiger partial charge is 0.460 e. The maximum atomic E-state index is 12.7. The van der Waals surface area contributed by atoms with E-state index in [1.807, 2.05) is 0 Å². The molecule has 1 heterocycles. The zero-order chi connectivity index (χ0) is 21.4. The number of hydrogen-bond donors (Lipinski definition) is 1. The molecule has 2 aromatic rings. The van der Waals surface area contributed by atoms with Gasteiger partial charge in [0.15, 0.2) is 6.08 Å². The van der Waals surface area contributed by atoms with E-state index in [-0.39, 0.29) is 5.56 Å². The molecule has 0 aliphatic carbocycles. The quantitative estimate of drug-likeness (QED) is 0.756. The molecule has 0 aromatic heterocycles. The molecule has 10 heteroatoms. The molecule has 0 saturated heterocycles. The van der Waals surface area contributed by atoms with E-state index in [4.69, 9.17) is 16.0 Å².